The van der Waals surface area contributed by atoms with Crippen LogP contribution in [0.1, 0.15) is 6.23 Å². The van der Waals surface area contributed by atoms with Crippen LogP contribution in [0, 0.1) is 0 Å². The average molecular weight is 323 g/mol. The highest BCUT2D eigenvalue weighted by Gasteiger charge is 2.63. The largest absolute Gasteiger partial charge is 0.381 e. The summed E-state index contributed by atoms with van der Waals surface area (Å²) in [6.45, 7) is 0.713. The summed E-state index contributed by atoms with van der Waals surface area (Å²) in [5.74, 6) is 0.0169. The van der Waals surface area contributed by atoms with Crippen LogP contribution in [0.2, 0.25) is 0 Å². The number of hydrogen-bond donors (Lipinski definition) is 2. The monoisotopic (exact) mass is 323 g/mol. The highest BCUT2D eigenvalue weighted by atomic mass is 16.7. The molecule has 10 nitrogen and oxygen atoms in total. The second kappa shape index (κ2) is 4.99. The summed E-state index contributed by atoms with van der Waals surface area (Å²) in [5.41, 5.74) is 5.08. The molecule has 2 aromatic heterocycles. The van der Waals surface area contributed by atoms with Gasteiger partial charge in [-0.3, -0.25) is 14.3 Å². The molecule has 0 amide bonds. The van der Waals surface area contributed by atoms with Crippen LogP contribution in [0.4, 0.5) is 5.95 Å². The summed E-state index contributed by atoms with van der Waals surface area (Å²) in [6, 6.07) is 0. The van der Waals surface area contributed by atoms with Crippen LogP contribution >= 0.6 is 0 Å². The normalized spacial score (nSPS) is 32.9. The molecule has 2 aliphatic rings. The van der Waals surface area contributed by atoms with Gasteiger partial charge in [-0.05, 0) is 0 Å². The fourth-order valence-electron chi connectivity index (χ4n) is 3.44. The molecule has 4 heterocycles. The maximum Gasteiger partial charge on any atom is 0.280 e. The molecule has 0 saturated carbocycles. The van der Waals surface area contributed by atoms with Gasteiger partial charge in [0.1, 0.15) is 17.8 Å². The first-order chi connectivity index (χ1) is 11.1. The molecule has 10 heteroatoms. The van der Waals surface area contributed by atoms with Crippen molar-refractivity contribution in [2.45, 2.75) is 24.0 Å². The molecular weight excluding hydrogens is 306 g/mol. The number of ether oxygens (including phenoxy) is 4. The van der Waals surface area contributed by atoms with E-state index in [1.54, 1.807) is 18.8 Å². The van der Waals surface area contributed by atoms with Crippen LogP contribution in [-0.2, 0) is 18.9 Å². The quantitative estimate of drug-likeness (QED) is 0.736. The number of aromatic amines is 1. The molecule has 2 fully saturated rings. The molecule has 0 aromatic carbocycles. The van der Waals surface area contributed by atoms with Crippen LogP contribution in [0.25, 0.3) is 11.2 Å². The van der Waals surface area contributed by atoms with Crippen molar-refractivity contribution in [3.8, 4) is 0 Å². The number of H-pyrrole nitrogens is 1. The predicted molar refractivity (Wildman–Crippen MR) is 77.8 cm³/mol. The first kappa shape index (κ1) is 14.6. The number of rotatable bonds is 4. The zero-order chi connectivity index (χ0) is 16.2. The third kappa shape index (κ3) is 1.92. The molecule has 2 saturated heterocycles. The Bertz CT molecular complexity index is 804. The molecule has 0 aliphatic carbocycles. The zero-order valence-electron chi connectivity index (χ0n) is 12.7. The van der Waals surface area contributed by atoms with E-state index < -0.39 is 17.4 Å². The van der Waals surface area contributed by atoms with Crippen molar-refractivity contribution in [3.63, 3.8) is 0 Å². The SMILES string of the molecule is COC[C@]12CO[C@@H](C1OC)[C@H](n1cnc3c(=O)[nH]c(N)nc31)O2. The van der Waals surface area contributed by atoms with Crippen molar-refractivity contribution in [1.29, 1.82) is 0 Å². The molecule has 4 atom stereocenters. The van der Waals surface area contributed by atoms with Gasteiger partial charge in [0.15, 0.2) is 17.4 Å². The second-order valence-corrected chi connectivity index (χ2v) is 5.71. The van der Waals surface area contributed by atoms with Crippen molar-refractivity contribution < 1.29 is 18.9 Å². The smallest absolute Gasteiger partial charge is 0.280 e. The fraction of sp³-hybridized carbons (Fsp3) is 0.615. The minimum Gasteiger partial charge on any atom is -0.381 e. The molecule has 3 N–H and O–H groups in total. The number of methoxy groups -OCH3 is 2. The molecule has 2 bridgehead atoms. The van der Waals surface area contributed by atoms with E-state index in [0.29, 0.717) is 18.9 Å². The average Bonchev–Trinajstić information content (AvgIpc) is 3.15. The third-order valence-corrected chi connectivity index (χ3v) is 4.34. The summed E-state index contributed by atoms with van der Waals surface area (Å²) in [5, 5.41) is 0. The van der Waals surface area contributed by atoms with Crippen molar-refractivity contribution in [2.75, 3.05) is 33.2 Å². The van der Waals surface area contributed by atoms with Gasteiger partial charge in [0.25, 0.3) is 5.56 Å². The van der Waals surface area contributed by atoms with Crippen molar-refractivity contribution in [1.82, 2.24) is 19.5 Å². The van der Waals surface area contributed by atoms with Crippen LogP contribution < -0.4 is 11.3 Å². The molecule has 4 rings (SSSR count). The number of fused-ring (bicyclic) bond motifs is 3. The molecule has 0 spiro atoms. The summed E-state index contributed by atoms with van der Waals surface area (Å²) < 4.78 is 24.5. The second-order valence-electron chi connectivity index (χ2n) is 5.71. The lowest BCUT2D eigenvalue weighted by atomic mass is 10.0. The van der Waals surface area contributed by atoms with Gasteiger partial charge in [0.05, 0.1) is 19.5 Å². The van der Waals surface area contributed by atoms with Crippen LogP contribution in [-0.4, -0.2) is 64.8 Å². The van der Waals surface area contributed by atoms with Gasteiger partial charge < -0.3 is 24.7 Å². The lowest BCUT2D eigenvalue weighted by molar-refractivity contribution is -0.189. The zero-order valence-corrected chi connectivity index (χ0v) is 12.7. The van der Waals surface area contributed by atoms with Gasteiger partial charge in [0, 0.05) is 14.2 Å². The van der Waals surface area contributed by atoms with E-state index in [4.69, 9.17) is 24.7 Å². The van der Waals surface area contributed by atoms with Gasteiger partial charge in [-0.15, -0.1) is 0 Å². The number of nitrogen functional groups attached to an aromatic ring is 1. The lowest BCUT2D eigenvalue weighted by Gasteiger charge is -2.30. The van der Waals surface area contributed by atoms with Crippen LogP contribution in [0.15, 0.2) is 11.1 Å². The maximum atomic E-state index is 11.9. The molecule has 2 aliphatic heterocycles. The molecule has 1 unspecified atom stereocenters. The number of imidazole rings is 1. The molecule has 2 aromatic rings. The van der Waals surface area contributed by atoms with Crippen LogP contribution in [0.5, 0.6) is 0 Å². The minimum atomic E-state index is -0.692. The van der Waals surface area contributed by atoms with Crippen molar-refractivity contribution in [2.24, 2.45) is 0 Å². The predicted octanol–water partition coefficient (Wildman–Crippen LogP) is -0.970. The lowest BCUT2D eigenvalue weighted by Crippen LogP contribution is -2.45. The Morgan fingerprint density at radius 2 is 2.39 bits per heavy atom. The van der Waals surface area contributed by atoms with E-state index >= 15 is 0 Å². The first-order valence-electron chi connectivity index (χ1n) is 7.13. The summed E-state index contributed by atoms with van der Waals surface area (Å²) in [6.07, 6.45) is 0.329. The molecular formula is C13H17N5O5. The third-order valence-electron chi connectivity index (χ3n) is 4.34. The summed E-state index contributed by atoms with van der Waals surface area (Å²) in [7, 11) is 3.20. The highest BCUT2D eigenvalue weighted by molar-refractivity contribution is 5.70. The standard InChI is InChI=1S/C13H17N5O5/c1-20-3-13-4-22-7(8(13)21-2)11(23-13)18-5-15-6-9(18)16-12(14)17-10(6)19/h5,7-8,11H,3-4H2,1-2H3,(H3,14,16,17,19)/t7-,8?,11+,13-/m0/s1. The summed E-state index contributed by atoms with van der Waals surface area (Å²) in [4.78, 5) is 22.6. The molecule has 124 valence electrons. The minimum absolute atomic E-state index is 0.0169. The van der Waals surface area contributed by atoms with Gasteiger partial charge >= 0.3 is 0 Å². The Morgan fingerprint density at radius 1 is 1.57 bits per heavy atom. The van der Waals surface area contributed by atoms with E-state index in [2.05, 4.69) is 15.0 Å². The number of nitrogens with one attached hydrogen (secondary N) is 1. The van der Waals surface area contributed by atoms with Gasteiger partial charge in [-0.25, -0.2) is 4.98 Å². The van der Waals surface area contributed by atoms with Gasteiger partial charge in [-0.1, -0.05) is 0 Å². The van der Waals surface area contributed by atoms with Gasteiger partial charge in [0.2, 0.25) is 5.95 Å². The summed E-state index contributed by atoms with van der Waals surface area (Å²) >= 11 is 0. The Balaban J connectivity index is 1.79. The number of hydrogen-bond acceptors (Lipinski definition) is 8. The van der Waals surface area contributed by atoms with Gasteiger partial charge in [-0.2, -0.15) is 4.98 Å². The number of anilines is 1. The van der Waals surface area contributed by atoms with E-state index in [9.17, 15) is 4.79 Å². The Morgan fingerprint density at radius 3 is 3.13 bits per heavy atom. The van der Waals surface area contributed by atoms with E-state index in [1.165, 1.54) is 6.33 Å². The fourth-order valence-corrected chi connectivity index (χ4v) is 3.44. The van der Waals surface area contributed by atoms with Crippen molar-refractivity contribution in [3.05, 3.63) is 16.7 Å². The Hall–Kier alpha value is -2.01. The van der Waals surface area contributed by atoms with E-state index in [0.717, 1.165) is 0 Å². The van der Waals surface area contributed by atoms with E-state index in [-0.39, 0.29) is 23.7 Å². The number of nitrogens with two attached hydrogens (primary N) is 1. The van der Waals surface area contributed by atoms with E-state index in [1.807, 2.05) is 0 Å². The highest BCUT2D eigenvalue weighted by Crippen LogP contribution is 2.46. The molecule has 23 heavy (non-hydrogen) atoms. The Labute approximate surface area is 130 Å². The maximum absolute atomic E-state index is 11.9. The number of aromatic nitrogens is 4. The topological polar surface area (TPSA) is 127 Å². The first-order valence-corrected chi connectivity index (χ1v) is 7.13. The van der Waals surface area contributed by atoms with Crippen molar-refractivity contribution >= 4 is 17.1 Å². The number of nitrogens with zero attached hydrogens (tertiary/aromatic N) is 3. The Kier molecular flexibility index (Phi) is 3.17. The van der Waals surface area contributed by atoms with Crippen LogP contribution in [0.3, 0.4) is 0 Å². The molecule has 0 radical (unpaired) electrons.